The molecule has 2 aromatic heterocycles. The standard InChI is InChI=1S/C10H13BrN4S/c1-3-15-8(9(11)6(2)14-15)4-7-5-13-10(12)16-7/h5H,3-4H2,1-2H3,(H2,12,13). The number of rotatable bonds is 3. The van der Waals surface area contributed by atoms with Crippen LogP contribution in [0, 0.1) is 6.92 Å². The molecule has 0 saturated heterocycles. The lowest BCUT2D eigenvalue weighted by molar-refractivity contribution is 0.625. The van der Waals surface area contributed by atoms with Gasteiger partial charge < -0.3 is 5.73 Å². The molecular formula is C10H13BrN4S. The van der Waals surface area contributed by atoms with Gasteiger partial charge in [0.05, 0.1) is 15.9 Å². The largest absolute Gasteiger partial charge is 0.375 e. The molecular weight excluding hydrogens is 288 g/mol. The van der Waals surface area contributed by atoms with E-state index in [1.165, 1.54) is 17.0 Å². The van der Waals surface area contributed by atoms with Gasteiger partial charge in [-0.1, -0.05) is 0 Å². The van der Waals surface area contributed by atoms with Crippen molar-refractivity contribution >= 4 is 32.4 Å². The van der Waals surface area contributed by atoms with Crippen molar-refractivity contribution in [2.75, 3.05) is 5.73 Å². The quantitative estimate of drug-likeness (QED) is 0.948. The summed E-state index contributed by atoms with van der Waals surface area (Å²) in [5.74, 6) is 0. The molecule has 0 amide bonds. The molecule has 2 rings (SSSR count). The molecule has 2 aromatic rings. The van der Waals surface area contributed by atoms with Crippen LogP contribution in [-0.2, 0) is 13.0 Å². The second-order valence-corrected chi connectivity index (χ2v) is 5.44. The molecule has 0 atom stereocenters. The number of nitrogen functional groups attached to an aromatic ring is 1. The van der Waals surface area contributed by atoms with Crippen LogP contribution >= 0.6 is 27.3 Å². The van der Waals surface area contributed by atoms with E-state index in [0.717, 1.165) is 28.0 Å². The van der Waals surface area contributed by atoms with Crippen LogP contribution < -0.4 is 5.73 Å². The van der Waals surface area contributed by atoms with E-state index < -0.39 is 0 Å². The van der Waals surface area contributed by atoms with Crippen LogP contribution in [-0.4, -0.2) is 14.8 Å². The van der Waals surface area contributed by atoms with Crippen molar-refractivity contribution in [1.82, 2.24) is 14.8 Å². The molecule has 0 saturated carbocycles. The van der Waals surface area contributed by atoms with Gasteiger partial charge in [-0.2, -0.15) is 5.10 Å². The van der Waals surface area contributed by atoms with E-state index in [-0.39, 0.29) is 0 Å². The Labute approximate surface area is 107 Å². The molecule has 2 N–H and O–H groups in total. The molecule has 16 heavy (non-hydrogen) atoms. The van der Waals surface area contributed by atoms with E-state index in [0.29, 0.717) is 5.13 Å². The zero-order valence-electron chi connectivity index (χ0n) is 9.20. The van der Waals surface area contributed by atoms with Crippen LogP contribution in [0.25, 0.3) is 0 Å². The molecule has 0 radical (unpaired) electrons. The topological polar surface area (TPSA) is 56.7 Å². The number of anilines is 1. The minimum Gasteiger partial charge on any atom is -0.375 e. The van der Waals surface area contributed by atoms with Crippen molar-refractivity contribution in [3.63, 3.8) is 0 Å². The Kier molecular flexibility index (Phi) is 3.30. The number of halogens is 1. The smallest absolute Gasteiger partial charge is 0.180 e. The van der Waals surface area contributed by atoms with Gasteiger partial charge in [0.15, 0.2) is 5.13 Å². The third-order valence-electron chi connectivity index (χ3n) is 2.37. The molecule has 2 heterocycles. The van der Waals surface area contributed by atoms with E-state index in [9.17, 15) is 0 Å². The van der Waals surface area contributed by atoms with Gasteiger partial charge in [-0.25, -0.2) is 4.98 Å². The Balaban J connectivity index is 2.33. The predicted octanol–water partition coefficient (Wildman–Crippen LogP) is 2.60. The number of thiazole rings is 1. The summed E-state index contributed by atoms with van der Waals surface area (Å²) < 4.78 is 3.09. The summed E-state index contributed by atoms with van der Waals surface area (Å²) in [4.78, 5) is 5.22. The Morgan fingerprint density at radius 1 is 1.56 bits per heavy atom. The lowest BCUT2D eigenvalue weighted by atomic mass is 10.2. The lowest BCUT2D eigenvalue weighted by Crippen LogP contribution is -2.03. The Morgan fingerprint density at radius 2 is 2.31 bits per heavy atom. The summed E-state index contributed by atoms with van der Waals surface area (Å²) in [5.41, 5.74) is 7.83. The Bertz CT molecular complexity index is 503. The van der Waals surface area contributed by atoms with Crippen molar-refractivity contribution in [2.24, 2.45) is 0 Å². The van der Waals surface area contributed by atoms with Gasteiger partial charge in [-0.05, 0) is 29.8 Å². The van der Waals surface area contributed by atoms with Gasteiger partial charge in [-0.15, -0.1) is 11.3 Å². The molecule has 86 valence electrons. The van der Waals surface area contributed by atoms with Crippen molar-refractivity contribution in [2.45, 2.75) is 26.8 Å². The van der Waals surface area contributed by atoms with Crippen LogP contribution in [0.15, 0.2) is 10.7 Å². The van der Waals surface area contributed by atoms with E-state index >= 15 is 0 Å². The van der Waals surface area contributed by atoms with Crippen LogP contribution in [0.2, 0.25) is 0 Å². The van der Waals surface area contributed by atoms with E-state index in [1.54, 1.807) is 0 Å². The second-order valence-electron chi connectivity index (χ2n) is 3.50. The van der Waals surface area contributed by atoms with E-state index in [2.05, 4.69) is 32.9 Å². The molecule has 0 unspecified atom stereocenters. The lowest BCUT2D eigenvalue weighted by Gasteiger charge is -2.03. The highest BCUT2D eigenvalue weighted by Gasteiger charge is 2.13. The normalized spacial score (nSPS) is 10.9. The zero-order valence-corrected chi connectivity index (χ0v) is 11.6. The summed E-state index contributed by atoms with van der Waals surface area (Å²) in [7, 11) is 0. The average Bonchev–Trinajstić information content (AvgIpc) is 2.77. The maximum atomic E-state index is 5.62. The summed E-state index contributed by atoms with van der Waals surface area (Å²) in [5, 5.41) is 5.07. The fraction of sp³-hybridized carbons (Fsp3) is 0.400. The van der Waals surface area contributed by atoms with Crippen LogP contribution in [0.4, 0.5) is 5.13 Å². The van der Waals surface area contributed by atoms with Crippen molar-refractivity contribution in [1.29, 1.82) is 0 Å². The SMILES string of the molecule is CCn1nc(C)c(Br)c1Cc1cnc(N)s1. The Morgan fingerprint density at radius 3 is 2.88 bits per heavy atom. The first-order valence-corrected chi connectivity index (χ1v) is 6.64. The van der Waals surface area contributed by atoms with Gasteiger partial charge in [0.25, 0.3) is 0 Å². The first-order valence-electron chi connectivity index (χ1n) is 5.03. The van der Waals surface area contributed by atoms with Gasteiger partial charge in [0.1, 0.15) is 0 Å². The zero-order chi connectivity index (χ0) is 11.7. The van der Waals surface area contributed by atoms with Crippen molar-refractivity contribution in [3.8, 4) is 0 Å². The van der Waals surface area contributed by atoms with Gasteiger partial charge in [0, 0.05) is 24.0 Å². The fourth-order valence-electron chi connectivity index (χ4n) is 1.61. The molecule has 4 nitrogen and oxygen atoms in total. The van der Waals surface area contributed by atoms with E-state index in [1.807, 2.05) is 17.8 Å². The number of nitrogens with two attached hydrogens (primary N) is 1. The second kappa shape index (κ2) is 4.55. The highest BCUT2D eigenvalue weighted by molar-refractivity contribution is 9.10. The number of aromatic nitrogens is 3. The maximum Gasteiger partial charge on any atom is 0.180 e. The summed E-state index contributed by atoms with van der Waals surface area (Å²) >= 11 is 5.10. The fourth-order valence-corrected chi connectivity index (χ4v) is 2.72. The summed E-state index contributed by atoms with van der Waals surface area (Å²) in [6.07, 6.45) is 2.65. The van der Waals surface area contributed by atoms with Crippen molar-refractivity contribution in [3.05, 3.63) is 26.9 Å². The third-order valence-corrected chi connectivity index (χ3v) is 4.22. The molecule has 0 aliphatic heterocycles. The van der Waals surface area contributed by atoms with Gasteiger partial charge in [-0.3, -0.25) is 4.68 Å². The molecule has 0 bridgehead atoms. The molecule has 0 aromatic carbocycles. The maximum absolute atomic E-state index is 5.62. The highest BCUT2D eigenvalue weighted by atomic mass is 79.9. The van der Waals surface area contributed by atoms with Crippen LogP contribution in [0.1, 0.15) is 23.2 Å². The molecule has 0 aliphatic rings. The summed E-state index contributed by atoms with van der Waals surface area (Å²) in [6.45, 7) is 4.96. The number of hydrogen-bond acceptors (Lipinski definition) is 4. The molecule has 0 spiro atoms. The van der Waals surface area contributed by atoms with E-state index in [4.69, 9.17) is 5.73 Å². The molecule has 0 fully saturated rings. The van der Waals surface area contributed by atoms with Gasteiger partial charge >= 0.3 is 0 Å². The first kappa shape index (κ1) is 11.6. The van der Waals surface area contributed by atoms with Gasteiger partial charge in [0.2, 0.25) is 0 Å². The number of aryl methyl sites for hydroxylation is 2. The minimum absolute atomic E-state index is 0.616. The first-order chi connectivity index (χ1) is 7.61. The van der Waals surface area contributed by atoms with Crippen molar-refractivity contribution < 1.29 is 0 Å². The van der Waals surface area contributed by atoms with Crippen LogP contribution in [0.3, 0.4) is 0 Å². The number of nitrogens with zero attached hydrogens (tertiary/aromatic N) is 3. The number of hydrogen-bond donors (Lipinski definition) is 1. The highest BCUT2D eigenvalue weighted by Crippen LogP contribution is 2.26. The Hall–Kier alpha value is -0.880. The predicted molar refractivity (Wildman–Crippen MR) is 69.7 cm³/mol. The summed E-state index contributed by atoms with van der Waals surface area (Å²) in [6, 6.07) is 0. The molecule has 6 heteroatoms. The monoisotopic (exact) mass is 300 g/mol. The average molecular weight is 301 g/mol. The molecule has 0 aliphatic carbocycles. The third kappa shape index (κ3) is 2.12. The minimum atomic E-state index is 0.616. The van der Waals surface area contributed by atoms with Crippen LogP contribution in [0.5, 0.6) is 0 Å².